The summed E-state index contributed by atoms with van der Waals surface area (Å²) in [6.45, 7) is 2.64. The zero-order valence-electron chi connectivity index (χ0n) is 18.5. The minimum absolute atomic E-state index is 0.0834. The van der Waals surface area contributed by atoms with Crippen molar-refractivity contribution in [2.75, 3.05) is 31.1 Å². The zero-order chi connectivity index (χ0) is 23.9. The van der Waals surface area contributed by atoms with Crippen molar-refractivity contribution in [2.45, 2.75) is 6.61 Å². The molecule has 1 amide bonds. The predicted molar refractivity (Wildman–Crippen MR) is 134 cm³/mol. The first-order valence-electron chi connectivity index (χ1n) is 10.9. The van der Waals surface area contributed by atoms with E-state index in [1.165, 1.54) is 6.07 Å². The van der Waals surface area contributed by atoms with Gasteiger partial charge in [-0.25, -0.2) is 4.39 Å². The van der Waals surface area contributed by atoms with Gasteiger partial charge in [0.2, 0.25) is 0 Å². The topological polar surface area (TPSA) is 56.6 Å². The Labute approximate surface area is 206 Å². The van der Waals surface area contributed by atoms with Gasteiger partial charge in [0.05, 0.1) is 4.47 Å². The highest BCUT2D eigenvalue weighted by Crippen LogP contribution is 2.28. The van der Waals surface area contributed by atoms with Crippen molar-refractivity contribution in [2.24, 2.45) is 0 Å². The number of hydrogen-bond acceptors (Lipinski definition) is 4. The molecule has 4 rings (SSSR count). The molecule has 0 unspecified atom stereocenters. The predicted octanol–water partition coefficient (Wildman–Crippen LogP) is 5.42. The molecule has 3 aromatic rings. The molecule has 0 saturated carbocycles. The van der Waals surface area contributed by atoms with E-state index in [9.17, 15) is 14.4 Å². The van der Waals surface area contributed by atoms with Gasteiger partial charge in [-0.15, -0.1) is 0 Å². The summed E-state index contributed by atoms with van der Waals surface area (Å²) in [5, 5.41) is 9.63. The molecular formula is C27H23BrFN3O2. The van der Waals surface area contributed by atoms with Crippen LogP contribution in [-0.2, 0) is 11.4 Å². The number of anilines is 1. The molecule has 1 aliphatic heterocycles. The quantitative estimate of drug-likeness (QED) is 0.322. The number of halogens is 2. The van der Waals surface area contributed by atoms with Crippen LogP contribution in [-0.4, -0.2) is 37.0 Å². The number of amides is 1. The van der Waals surface area contributed by atoms with E-state index in [-0.39, 0.29) is 23.9 Å². The molecule has 1 aliphatic rings. The fourth-order valence-electron chi connectivity index (χ4n) is 3.78. The molecule has 5 nitrogen and oxygen atoms in total. The molecule has 0 bridgehead atoms. The molecule has 0 radical (unpaired) electrons. The highest BCUT2D eigenvalue weighted by Gasteiger charge is 2.24. The number of ether oxygens (including phenoxy) is 1. The second-order valence-electron chi connectivity index (χ2n) is 7.85. The van der Waals surface area contributed by atoms with Crippen molar-refractivity contribution in [3.63, 3.8) is 0 Å². The van der Waals surface area contributed by atoms with E-state index in [0.29, 0.717) is 47.5 Å². The van der Waals surface area contributed by atoms with E-state index >= 15 is 0 Å². The van der Waals surface area contributed by atoms with E-state index in [0.717, 1.165) is 5.69 Å². The van der Waals surface area contributed by atoms with Crippen LogP contribution in [0.2, 0.25) is 0 Å². The first kappa shape index (κ1) is 23.5. The first-order chi connectivity index (χ1) is 16.5. The van der Waals surface area contributed by atoms with Gasteiger partial charge in [0, 0.05) is 37.4 Å². The maximum Gasteiger partial charge on any atom is 0.264 e. The molecular weight excluding hydrogens is 497 g/mol. The number of nitrogens with zero attached hydrogens (tertiary/aromatic N) is 3. The lowest BCUT2D eigenvalue weighted by molar-refractivity contribution is -0.126. The highest BCUT2D eigenvalue weighted by molar-refractivity contribution is 9.10. The lowest BCUT2D eigenvalue weighted by Crippen LogP contribution is -2.49. The first-order valence-corrected chi connectivity index (χ1v) is 11.7. The summed E-state index contributed by atoms with van der Waals surface area (Å²) < 4.78 is 20.2. The number of rotatable bonds is 6. The van der Waals surface area contributed by atoms with Gasteiger partial charge in [-0.1, -0.05) is 42.5 Å². The standard InChI is InChI=1S/C27H23BrFN3O2/c28-24-17-20(10-11-26(24)34-19-21-6-4-5-9-25(21)29)16-22(18-30)27(33)32-14-12-31(13-15-32)23-7-2-1-3-8-23/h1-11,16-17H,12-15,19H2/b22-16-. The Morgan fingerprint density at radius 3 is 2.41 bits per heavy atom. The van der Waals surface area contributed by atoms with Crippen LogP contribution in [0.25, 0.3) is 6.08 Å². The molecule has 172 valence electrons. The van der Waals surface area contributed by atoms with Crippen molar-refractivity contribution in [1.82, 2.24) is 4.90 Å². The number of hydrogen-bond donors (Lipinski definition) is 0. The maximum atomic E-state index is 13.8. The van der Waals surface area contributed by atoms with Crippen LogP contribution < -0.4 is 9.64 Å². The van der Waals surface area contributed by atoms with E-state index < -0.39 is 0 Å². The summed E-state index contributed by atoms with van der Waals surface area (Å²) in [4.78, 5) is 16.9. The van der Waals surface area contributed by atoms with E-state index in [1.807, 2.05) is 24.3 Å². The summed E-state index contributed by atoms with van der Waals surface area (Å²) in [6, 6.07) is 23.9. The average molecular weight is 520 g/mol. The Hall–Kier alpha value is -3.63. The summed E-state index contributed by atoms with van der Waals surface area (Å²) >= 11 is 3.46. The Morgan fingerprint density at radius 2 is 1.74 bits per heavy atom. The third-order valence-corrected chi connectivity index (χ3v) is 6.27. The fourth-order valence-corrected chi connectivity index (χ4v) is 4.29. The van der Waals surface area contributed by atoms with Gasteiger partial charge in [0.15, 0.2) is 0 Å². The monoisotopic (exact) mass is 519 g/mol. The average Bonchev–Trinajstić information content (AvgIpc) is 2.88. The van der Waals surface area contributed by atoms with Gasteiger partial charge in [0.25, 0.3) is 5.91 Å². The summed E-state index contributed by atoms with van der Waals surface area (Å²) in [5.74, 6) is -0.0477. The smallest absolute Gasteiger partial charge is 0.264 e. The van der Waals surface area contributed by atoms with Gasteiger partial charge in [-0.05, 0) is 57.9 Å². The van der Waals surface area contributed by atoms with Gasteiger partial charge < -0.3 is 14.5 Å². The zero-order valence-corrected chi connectivity index (χ0v) is 20.0. The lowest BCUT2D eigenvalue weighted by Gasteiger charge is -2.36. The number of benzene rings is 3. The van der Waals surface area contributed by atoms with E-state index in [2.05, 4.69) is 33.0 Å². The van der Waals surface area contributed by atoms with E-state index in [4.69, 9.17) is 4.74 Å². The van der Waals surface area contributed by atoms with Crippen LogP contribution in [0.4, 0.5) is 10.1 Å². The lowest BCUT2D eigenvalue weighted by atomic mass is 10.1. The van der Waals surface area contributed by atoms with Crippen molar-refractivity contribution in [3.05, 3.63) is 99.8 Å². The number of carbonyl (C=O) groups excluding carboxylic acids is 1. The summed E-state index contributed by atoms with van der Waals surface area (Å²) in [6.07, 6.45) is 1.58. The molecule has 3 aromatic carbocycles. The van der Waals surface area contributed by atoms with Crippen molar-refractivity contribution in [1.29, 1.82) is 5.26 Å². The second kappa shape index (κ2) is 11.0. The van der Waals surface area contributed by atoms with Gasteiger partial charge in [-0.2, -0.15) is 5.26 Å². The minimum Gasteiger partial charge on any atom is -0.488 e. The highest BCUT2D eigenvalue weighted by atomic mass is 79.9. The van der Waals surface area contributed by atoms with E-state index in [1.54, 1.807) is 47.4 Å². The Balaban J connectivity index is 1.40. The SMILES string of the molecule is N#C/C(=C/c1ccc(OCc2ccccc2F)c(Br)c1)C(=O)N1CCN(c2ccccc2)CC1. The normalized spacial score (nSPS) is 14.0. The second-order valence-corrected chi connectivity index (χ2v) is 8.71. The Bertz CT molecular complexity index is 1230. The number of nitriles is 1. The molecule has 1 saturated heterocycles. The van der Waals surface area contributed by atoms with Gasteiger partial charge in [0.1, 0.15) is 29.8 Å². The summed E-state index contributed by atoms with van der Waals surface area (Å²) in [7, 11) is 0. The van der Waals surface area contributed by atoms with Gasteiger partial charge >= 0.3 is 0 Å². The largest absolute Gasteiger partial charge is 0.488 e. The third kappa shape index (κ3) is 5.64. The van der Waals surface area contributed by atoms with Gasteiger partial charge in [-0.3, -0.25) is 4.79 Å². The molecule has 34 heavy (non-hydrogen) atoms. The Morgan fingerprint density at radius 1 is 1.03 bits per heavy atom. The molecule has 1 fully saturated rings. The number of para-hydroxylation sites is 1. The minimum atomic E-state index is -0.319. The van der Waals surface area contributed by atoms with Crippen molar-refractivity contribution < 1.29 is 13.9 Å². The van der Waals surface area contributed by atoms with Crippen molar-refractivity contribution in [3.8, 4) is 11.8 Å². The van der Waals surface area contributed by atoms with Crippen molar-refractivity contribution >= 4 is 33.6 Å². The molecule has 0 N–H and O–H groups in total. The maximum absolute atomic E-state index is 13.8. The molecule has 0 aliphatic carbocycles. The van der Waals surface area contributed by atoms with Crippen LogP contribution >= 0.6 is 15.9 Å². The molecule has 0 spiro atoms. The summed E-state index contributed by atoms with van der Waals surface area (Å²) in [5.41, 5.74) is 2.37. The molecule has 0 atom stereocenters. The van der Waals surface area contributed by atoms with Crippen LogP contribution in [0, 0.1) is 17.1 Å². The van der Waals surface area contributed by atoms with Crippen LogP contribution in [0.15, 0.2) is 82.8 Å². The molecule has 7 heteroatoms. The number of carbonyl (C=O) groups is 1. The Kier molecular flexibility index (Phi) is 7.61. The molecule has 0 aromatic heterocycles. The molecule has 1 heterocycles. The number of piperazine rings is 1. The fraction of sp³-hybridized carbons (Fsp3) is 0.185. The van der Waals surface area contributed by atoms with Crippen LogP contribution in [0.1, 0.15) is 11.1 Å². The van der Waals surface area contributed by atoms with Crippen LogP contribution in [0.5, 0.6) is 5.75 Å². The van der Waals surface area contributed by atoms with Crippen LogP contribution in [0.3, 0.4) is 0 Å². The third-order valence-electron chi connectivity index (χ3n) is 5.65.